The van der Waals surface area contributed by atoms with Gasteiger partial charge in [0, 0.05) is 37.4 Å². The summed E-state index contributed by atoms with van der Waals surface area (Å²) in [6, 6.07) is 2.20. The summed E-state index contributed by atoms with van der Waals surface area (Å²) in [5.41, 5.74) is 1.06. The van der Waals surface area contributed by atoms with Crippen LogP contribution in [0.1, 0.15) is 31.9 Å². The first kappa shape index (κ1) is 17.3. The third kappa shape index (κ3) is 4.75. The molecule has 0 bridgehead atoms. The molecule has 3 heterocycles. The van der Waals surface area contributed by atoms with E-state index in [0.29, 0.717) is 5.92 Å². The van der Waals surface area contributed by atoms with Crippen molar-refractivity contribution in [3.8, 4) is 0 Å². The van der Waals surface area contributed by atoms with Gasteiger partial charge in [-0.05, 0) is 43.1 Å². The lowest BCUT2D eigenvalue weighted by atomic mass is 10.1. The molecule has 0 aliphatic carbocycles. The molecule has 2 saturated heterocycles. The lowest BCUT2D eigenvalue weighted by Gasteiger charge is -2.34. The highest BCUT2D eigenvalue weighted by atomic mass is 32.2. The number of hydrogen-bond acceptors (Lipinski definition) is 5. The van der Waals surface area contributed by atoms with E-state index in [1.807, 2.05) is 11.8 Å². The molecule has 0 aromatic carbocycles. The van der Waals surface area contributed by atoms with Gasteiger partial charge in [0.25, 0.3) is 0 Å². The summed E-state index contributed by atoms with van der Waals surface area (Å²) < 4.78 is 0. The van der Waals surface area contributed by atoms with Crippen LogP contribution < -0.4 is 15.5 Å². The Balaban J connectivity index is 1.48. The van der Waals surface area contributed by atoms with Gasteiger partial charge in [0.1, 0.15) is 12.1 Å². The molecule has 2 amide bonds. The zero-order valence-corrected chi connectivity index (χ0v) is 15.1. The van der Waals surface area contributed by atoms with Crippen LogP contribution in [0.2, 0.25) is 0 Å². The van der Waals surface area contributed by atoms with E-state index in [2.05, 4.69) is 38.5 Å². The van der Waals surface area contributed by atoms with Crippen molar-refractivity contribution in [3.63, 3.8) is 0 Å². The Labute approximate surface area is 148 Å². The number of nitrogens with one attached hydrogen (secondary N) is 2. The Bertz CT molecular complexity index is 550. The molecule has 2 aliphatic heterocycles. The minimum atomic E-state index is -0.0318. The number of piperidine rings is 1. The summed E-state index contributed by atoms with van der Waals surface area (Å²) in [6.45, 7) is 4.69. The van der Waals surface area contributed by atoms with Crippen molar-refractivity contribution < 1.29 is 4.79 Å². The van der Waals surface area contributed by atoms with Crippen molar-refractivity contribution in [1.82, 2.24) is 20.6 Å². The first-order chi connectivity index (χ1) is 11.7. The van der Waals surface area contributed by atoms with E-state index in [4.69, 9.17) is 0 Å². The number of thioether (sulfide) groups is 1. The fraction of sp³-hybridized carbons (Fsp3) is 0.706. The molecular formula is C17H27N5OS. The molecule has 24 heavy (non-hydrogen) atoms. The molecule has 2 N–H and O–H groups in total. The average molecular weight is 350 g/mol. The number of amides is 2. The van der Waals surface area contributed by atoms with E-state index in [1.165, 1.54) is 17.9 Å². The monoisotopic (exact) mass is 349 g/mol. The fourth-order valence-electron chi connectivity index (χ4n) is 3.27. The van der Waals surface area contributed by atoms with E-state index in [0.717, 1.165) is 50.4 Å². The molecular weight excluding hydrogens is 322 g/mol. The standard InChI is InChI=1S/C17H27N5OS/c1-2-14-8-16(20-12-19-14)22-6-3-4-15(10-22)21-17(23)18-9-13-5-7-24-11-13/h8,12-13,15H,2-7,9-11H2,1H3,(H2,18,21,23)/t13-,15+/m0/s1. The summed E-state index contributed by atoms with van der Waals surface area (Å²) in [7, 11) is 0. The lowest BCUT2D eigenvalue weighted by Crippen LogP contribution is -2.51. The van der Waals surface area contributed by atoms with Gasteiger partial charge in [-0.15, -0.1) is 0 Å². The molecule has 0 radical (unpaired) electrons. The van der Waals surface area contributed by atoms with E-state index >= 15 is 0 Å². The zero-order chi connectivity index (χ0) is 16.8. The molecule has 3 rings (SSSR count). The van der Waals surface area contributed by atoms with Crippen LogP contribution in [-0.2, 0) is 6.42 Å². The zero-order valence-electron chi connectivity index (χ0n) is 14.3. The Hall–Kier alpha value is -1.50. The molecule has 0 unspecified atom stereocenters. The maximum absolute atomic E-state index is 12.1. The van der Waals surface area contributed by atoms with Crippen molar-refractivity contribution in [3.05, 3.63) is 18.1 Å². The highest BCUT2D eigenvalue weighted by molar-refractivity contribution is 7.99. The molecule has 0 spiro atoms. The van der Waals surface area contributed by atoms with Gasteiger partial charge in [-0.25, -0.2) is 14.8 Å². The Morgan fingerprint density at radius 2 is 2.33 bits per heavy atom. The number of aromatic nitrogens is 2. The lowest BCUT2D eigenvalue weighted by molar-refractivity contribution is 0.233. The topological polar surface area (TPSA) is 70.2 Å². The normalized spacial score (nSPS) is 24.0. The quantitative estimate of drug-likeness (QED) is 0.851. The van der Waals surface area contributed by atoms with Crippen molar-refractivity contribution in [2.75, 3.05) is 36.0 Å². The first-order valence-corrected chi connectivity index (χ1v) is 10.1. The van der Waals surface area contributed by atoms with Crippen molar-refractivity contribution in [2.24, 2.45) is 5.92 Å². The predicted octanol–water partition coefficient (Wildman–Crippen LogP) is 2.06. The van der Waals surface area contributed by atoms with Crippen LogP contribution in [0.15, 0.2) is 12.4 Å². The number of urea groups is 1. The predicted molar refractivity (Wildman–Crippen MR) is 98.6 cm³/mol. The maximum Gasteiger partial charge on any atom is 0.315 e. The Morgan fingerprint density at radius 1 is 1.42 bits per heavy atom. The molecule has 2 fully saturated rings. The maximum atomic E-state index is 12.1. The number of hydrogen-bond donors (Lipinski definition) is 2. The SMILES string of the molecule is CCc1cc(N2CCC[C@@H](NC(=O)NC[C@@H]3CCSC3)C2)ncn1. The fourth-order valence-corrected chi connectivity index (χ4v) is 4.56. The largest absolute Gasteiger partial charge is 0.354 e. The molecule has 2 aliphatic rings. The minimum Gasteiger partial charge on any atom is -0.354 e. The second kappa shape index (κ2) is 8.55. The van der Waals surface area contributed by atoms with Gasteiger partial charge in [-0.1, -0.05) is 6.92 Å². The minimum absolute atomic E-state index is 0.0318. The van der Waals surface area contributed by atoms with Crippen LogP contribution in [0, 0.1) is 5.92 Å². The number of anilines is 1. The van der Waals surface area contributed by atoms with Gasteiger partial charge < -0.3 is 15.5 Å². The summed E-state index contributed by atoms with van der Waals surface area (Å²) in [6.07, 6.45) is 5.85. The van der Waals surface area contributed by atoms with E-state index in [1.54, 1.807) is 6.33 Å². The van der Waals surface area contributed by atoms with Gasteiger partial charge in [-0.3, -0.25) is 0 Å². The number of nitrogens with zero attached hydrogens (tertiary/aromatic N) is 3. The van der Waals surface area contributed by atoms with Crippen LogP contribution in [0.25, 0.3) is 0 Å². The number of aryl methyl sites for hydroxylation is 1. The molecule has 2 atom stereocenters. The summed E-state index contributed by atoms with van der Waals surface area (Å²) >= 11 is 1.98. The van der Waals surface area contributed by atoms with E-state index < -0.39 is 0 Å². The van der Waals surface area contributed by atoms with Crippen LogP contribution in [0.3, 0.4) is 0 Å². The highest BCUT2D eigenvalue weighted by Crippen LogP contribution is 2.22. The molecule has 7 heteroatoms. The number of carbonyl (C=O) groups is 1. The Kier molecular flexibility index (Phi) is 6.18. The van der Waals surface area contributed by atoms with Gasteiger partial charge in [-0.2, -0.15) is 11.8 Å². The first-order valence-electron chi connectivity index (χ1n) is 8.92. The van der Waals surface area contributed by atoms with Crippen molar-refractivity contribution in [2.45, 2.75) is 38.6 Å². The van der Waals surface area contributed by atoms with Gasteiger partial charge >= 0.3 is 6.03 Å². The van der Waals surface area contributed by atoms with Crippen molar-refractivity contribution >= 4 is 23.6 Å². The van der Waals surface area contributed by atoms with E-state index in [-0.39, 0.29) is 12.1 Å². The third-order valence-electron chi connectivity index (χ3n) is 4.73. The summed E-state index contributed by atoms with van der Waals surface area (Å²) in [5, 5.41) is 6.17. The molecule has 1 aromatic heterocycles. The Morgan fingerprint density at radius 3 is 3.12 bits per heavy atom. The molecule has 1 aromatic rings. The second-order valence-corrected chi connectivity index (χ2v) is 7.74. The smallest absolute Gasteiger partial charge is 0.315 e. The van der Waals surface area contributed by atoms with Gasteiger partial charge in [0.15, 0.2) is 0 Å². The summed E-state index contributed by atoms with van der Waals surface area (Å²) in [4.78, 5) is 23.1. The van der Waals surface area contributed by atoms with Crippen LogP contribution in [-0.4, -0.2) is 53.2 Å². The number of rotatable bonds is 5. The van der Waals surface area contributed by atoms with Crippen LogP contribution in [0.5, 0.6) is 0 Å². The number of carbonyl (C=O) groups excluding carboxylic acids is 1. The van der Waals surface area contributed by atoms with E-state index in [9.17, 15) is 4.79 Å². The van der Waals surface area contributed by atoms with Crippen LogP contribution in [0.4, 0.5) is 10.6 Å². The molecule has 132 valence electrons. The molecule has 0 saturated carbocycles. The van der Waals surface area contributed by atoms with Crippen LogP contribution >= 0.6 is 11.8 Å². The van der Waals surface area contributed by atoms with Gasteiger partial charge in [0.2, 0.25) is 0 Å². The average Bonchev–Trinajstić information content (AvgIpc) is 3.14. The van der Waals surface area contributed by atoms with Gasteiger partial charge in [0.05, 0.1) is 0 Å². The summed E-state index contributed by atoms with van der Waals surface area (Å²) in [5.74, 6) is 4.00. The molecule has 6 nitrogen and oxygen atoms in total. The highest BCUT2D eigenvalue weighted by Gasteiger charge is 2.23. The third-order valence-corrected chi connectivity index (χ3v) is 5.96. The van der Waals surface area contributed by atoms with Crippen molar-refractivity contribution in [1.29, 1.82) is 0 Å². The second-order valence-electron chi connectivity index (χ2n) is 6.59.